The van der Waals surface area contributed by atoms with E-state index in [1.807, 2.05) is 17.5 Å². The van der Waals surface area contributed by atoms with E-state index >= 15 is 0 Å². The number of hydrogen-bond acceptors (Lipinski definition) is 3. The smallest absolute Gasteiger partial charge is 0.113 e. The molecule has 1 aromatic heterocycles. The number of hydrogen-bond donors (Lipinski definition) is 1. The van der Waals surface area contributed by atoms with Crippen LogP contribution in [0.3, 0.4) is 0 Å². The number of nitrogens with one attached hydrogen (secondary N) is 1. The third-order valence-electron chi connectivity index (χ3n) is 3.90. The highest BCUT2D eigenvalue weighted by Crippen LogP contribution is 2.45. The molecule has 2 unspecified atom stereocenters. The Bertz CT molecular complexity index is 331. The van der Waals surface area contributed by atoms with Crippen LogP contribution in [0.25, 0.3) is 0 Å². The average Bonchev–Trinajstić information content (AvgIpc) is 2.76. The molecule has 1 aromatic rings. The Morgan fingerprint density at radius 3 is 2.87 bits per heavy atom. The number of thiazole rings is 1. The van der Waals surface area contributed by atoms with Gasteiger partial charge in [0.1, 0.15) is 5.01 Å². The number of nitrogens with zero attached hydrogens (tertiary/aromatic N) is 1. The van der Waals surface area contributed by atoms with E-state index < -0.39 is 0 Å². The van der Waals surface area contributed by atoms with Crippen molar-refractivity contribution in [2.75, 3.05) is 0 Å². The Morgan fingerprint density at radius 2 is 2.33 bits per heavy atom. The van der Waals surface area contributed by atoms with Crippen molar-refractivity contribution in [3.8, 4) is 0 Å². The summed E-state index contributed by atoms with van der Waals surface area (Å²) in [5, 5.41) is 7.29. The molecule has 2 saturated carbocycles. The molecule has 15 heavy (non-hydrogen) atoms. The van der Waals surface area contributed by atoms with E-state index in [0.29, 0.717) is 0 Å². The van der Waals surface area contributed by atoms with E-state index in [9.17, 15) is 0 Å². The molecular weight excluding hydrogens is 204 g/mol. The molecule has 0 saturated heterocycles. The van der Waals surface area contributed by atoms with Crippen LogP contribution in [0.2, 0.25) is 0 Å². The zero-order valence-electron chi connectivity index (χ0n) is 9.20. The van der Waals surface area contributed by atoms with Gasteiger partial charge in [0.05, 0.1) is 5.54 Å². The molecule has 0 aliphatic heterocycles. The third kappa shape index (κ3) is 1.62. The maximum atomic E-state index is 4.56. The summed E-state index contributed by atoms with van der Waals surface area (Å²) in [7, 11) is 0. The van der Waals surface area contributed by atoms with Gasteiger partial charge in [0.25, 0.3) is 0 Å². The standard InChI is InChI=1S/C12H18N2S/c1-9-3-2-6-12(9,14-10-4-5-10)11-13-7-8-15-11/h7-10,14H,2-6H2,1H3. The Hall–Kier alpha value is -0.410. The van der Waals surface area contributed by atoms with E-state index in [0.717, 1.165) is 12.0 Å². The fourth-order valence-corrected chi connectivity index (χ4v) is 3.75. The normalized spacial score (nSPS) is 35.9. The summed E-state index contributed by atoms with van der Waals surface area (Å²) in [6.45, 7) is 2.38. The first-order chi connectivity index (χ1) is 7.31. The monoisotopic (exact) mass is 222 g/mol. The van der Waals surface area contributed by atoms with Crippen LogP contribution in [0, 0.1) is 5.92 Å². The lowest BCUT2D eigenvalue weighted by Gasteiger charge is -2.33. The van der Waals surface area contributed by atoms with Crippen molar-refractivity contribution >= 4 is 11.3 Å². The van der Waals surface area contributed by atoms with Gasteiger partial charge in [0.2, 0.25) is 0 Å². The van der Waals surface area contributed by atoms with Crippen molar-refractivity contribution in [1.82, 2.24) is 10.3 Å². The van der Waals surface area contributed by atoms with Crippen molar-refractivity contribution < 1.29 is 0 Å². The Kier molecular flexibility index (Phi) is 2.33. The van der Waals surface area contributed by atoms with Gasteiger partial charge in [-0.3, -0.25) is 0 Å². The summed E-state index contributed by atoms with van der Waals surface area (Å²) in [4.78, 5) is 4.56. The Morgan fingerprint density at radius 1 is 1.47 bits per heavy atom. The molecule has 2 fully saturated rings. The minimum Gasteiger partial charge on any atom is -0.302 e. The van der Waals surface area contributed by atoms with Crippen LogP contribution in [0.5, 0.6) is 0 Å². The van der Waals surface area contributed by atoms with Gasteiger partial charge < -0.3 is 5.32 Å². The Balaban J connectivity index is 1.92. The fraction of sp³-hybridized carbons (Fsp3) is 0.750. The number of rotatable bonds is 3. The average molecular weight is 222 g/mol. The molecule has 2 aliphatic rings. The van der Waals surface area contributed by atoms with Crippen LogP contribution in [0.1, 0.15) is 44.0 Å². The molecule has 3 rings (SSSR count). The van der Waals surface area contributed by atoms with Crippen molar-refractivity contribution in [1.29, 1.82) is 0 Å². The molecule has 0 radical (unpaired) electrons. The van der Waals surface area contributed by atoms with Gasteiger partial charge >= 0.3 is 0 Å². The van der Waals surface area contributed by atoms with Gasteiger partial charge in [0, 0.05) is 17.6 Å². The highest BCUT2D eigenvalue weighted by atomic mass is 32.1. The van der Waals surface area contributed by atoms with Crippen LogP contribution in [-0.4, -0.2) is 11.0 Å². The summed E-state index contributed by atoms with van der Waals surface area (Å²) in [5.74, 6) is 0.740. The van der Waals surface area contributed by atoms with Gasteiger partial charge in [-0.1, -0.05) is 13.3 Å². The lowest BCUT2D eigenvalue weighted by atomic mass is 9.88. The summed E-state index contributed by atoms with van der Waals surface area (Å²) in [6.07, 6.45) is 8.64. The molecule has 1 heterocycles. The first kappa shape index (κ1) is 9.79. The first-order valence-electron chi connectivity index (χ1n) is 5.99. The topological polar surface area (TPSA) is 24.9 Å². The van der Waals surface area contributed by atoms with Crippen LogP contribution in [-0.2, 0) is 5.54 Å². The molecular formula is C12H18N2S. The molecule has 0 aromatic carbocycles. The van der Waals surface area contributed by atoms with Crippen LogP contribution >= 0.6 is 11.3 Å². The van der Waals surface area contributed by atoms with Crippen molar-refractivity contribution in [3.05, 3.63) is 16.6 Å². The zero-order valence-corrected chi connectivity index (χ0v) is 10.0. The van der Waals surface area contributed by atoms with Gasteiger partial charge in [0.15, 0.2) is 0 Å². The second kappa shape index (κ2) is 3.56. The van der Waals surface area contributed by atoms with E-state index in [1.165, 1.54) is 37.1 Å². The van der Waals surface area contributed by atoms with E-state index in [2.05, 4.69) is 22.6 Å². The third-order valence-corrected chi connectivity index (χ3v) is 4.85. The summed E-state index contributed by atoms with van der Waals surface area (Å²) in [6, 6.07) is 0.773. The number of aromatic nitrogens is 1. The van der Waals surface area contributed by atoms with Gasteiger partial charge in [-0.25, -0.2) is 4.98 Å². The fourth-order valence-electron chi connectivity index (χ4n) is 2.81. The molecule has 2 nitrogen and oxygen atoms in total. The van der Waals surface area contributed by atoms with Crippen molar-refractivity contribution in [2.45, 2.75) is 50.6 Å². The molecule has 0 amide bonds. The second-order valence-corrected chi connectivity index (χ2v) is 5.92. The van der Waals surface area contributed by atoms with Gasteiger partial charge in [-0.2, -0.15) is 0 Å². The lowest BCUT2D eigenvalue weighted by molar-refractivity contribution is 0.258. The first-order valence-corrected chi connectivity index (χ1v) is 6.87. The predicted molar refractivity (Wildman–Crippen MR) is 63.0 cm³/mol. The second-order valence-electron chi connectivity index (χ2n) is 5.02. The molecule has 2 atom stereocenters. The largest absolute Gasteiger partial charge is 0.302 e. The minimum atomic E-state index is 0.218. The summed E-state index contributed by atoms with van der Waals surface area (Å²) in [5.41, 5.74) is 0.218. The Labute approximate surface area is 95.1 Å². The molecule has 2 aliphatic carbocycles. The minimum absolute atomic E-state index is 0.218. The molecule has 3 heteroatoms. The quantitative estimate of drug-likeness (QED) is 0.850. The molecule has 0 bridgehead atoms. The van der Waals surface area contributed by atoms with E-state index in [1.54, 1.807) is 0 Å². The summed E-state index contributed by atoms with van der Waals surface area (Å²) < 4.78 is 0. The highest BCUT2D eigenvalue weighted by Gasteiger charge is 2.46. The van der Waals surface area contributed by atoms with E-state index in [4.69, 9.17) is 0 Å². The lowest BCUT2D eigenvalue weighted by Crippen LogP contribution is -2.45. The molecule has 0 spiro atoms. The SMILES string of the molecule is CC1CCCC1(NC1CC1)c1nccs1. The maximum Gasteiger partial charge on any atom is 0.113 e. The predicted octanol–water partition coefficient (Wildman–Crippen LogP) is 2.91. The van der Waals surface area contributed by atoms with Crippen LogP contribution in [0.4, 0.5) is 0 Å². The van der Waals surface area contributed by atoms with Crippen LogP contribution < -0.4 is 5.32 Å². The van der Waals surface area contributed by atoms with Crippen molar-refractivity contribution in [3.63, 3.8) is 0 Å². The van der Waals surface area contributed by atoms with Gasteiger partial charge in [-0.05, 0) is 31.6 Å². The zero-order chi connectivity index (χ0) is 10.3. The van der Waals surface area contributed by atoms with Crippen molar-refractivity contribution in [2.24, 2.45) is 5.92 Å². The molecule has 1 N–H and O–H groups in total. The van der Waals surface area contributed by atoms with Crippen LogP contribution in [0.15, 0.2) is 11.6 Å². The van der Waals surface area contributed by atoms with E-state index in [-0.39, 0.29) is 5.54 Å². The summed E-state index contributed by atoms with van der Waals surface area (Å²) >= 11 is 1.82. The molecule has 82 valence electrons. The van der Waals surface area contributed by atoms with Gasteiger partial charge in [-0.15, -0.1) is 11.3 Å². The maximum absolute atomic E-state index is 4.56. The highest BCUT2D eigenvalue weighted by molar-refractivity contribution is 7.09.